The zero-order valence-corrected chi connectivity index (χ0v) is 9.39. The van der Waals surface area contributed by atoms with Crippen molar-refractivity contribution in [2.24, 2.45) is 0 Å². The summed E-state index contributed by atoms with van der Waals surface area (Å²) in [5.74, 6) is 0.803. The van der Waals surface area contributed by atoms with Crippen LogP contribution in [0.5, 0.6) is 0 Å². The van der Waals surface area contributed by atoms with E-state index in [4.69, 9.17) is 16.7 Å². The summed E-state index contributed by atoms with van der Waals surface area (Å²) in [6, 6.07) is 3.51. The van der Waals surface area contributed by atoms with Crippen molar-refractivity contribution in [3.05, 3.63) is 23.4 Å². The predicted molar refractivity (Wildman–Crippen MR) is 61.1 cm³/mol. The van der Waals surface area contributed by atoms with E-state index in [1.165, 1.54) is 4.90 Å². The second-order valence-corrected chi connectivity index (χ2v) is 4.03. The van der Waals surface area contributed by atoms with E-state index in [1.54, 1.807) is 18.3 Å². The van der Waals surface area contributed by atoms with Crippen LogP contribution in [-0.2, 0) is 0 Å². The van der Waals surface area contributed by atoms with Gasteiger partial charge in [0.15, 0.2) is 0 Å². The summed E-state index contributed by atoms with van der Waals surface area (Å²) < 4.78 is 0. The standard InChI is InChI=1S/C10H12ClN3O2/c11-8-1-2-12-9(7-8)13-3-5-14(6-4-13)10(15)16/h1-2,7H,3-6H2,(H,15,16). The number of amides is 1. The minimum absolute atomic E-state index is 0.503. The first-order valence-corrected chi connectivity index (χ1v) is 5.39. The molecule has 86 valence electrons. The zero-order chi connectivity index (χ0) is 11.5. The van der Waals surface area contributed by atoms with Gasteiger partial charge < -0.3 is 14.9 Å². The van der Waals surface area contributed by atoms with E-state index in [-0.39, 0.29) is 0 Å². The predicted octanol–water partition coefficient (Wildman–Crippen LogP) is 1.54. The van der Waals surface area contributed by atoms with Gasteiger partial charge in [0.2, 0.25) is 0 Å². The van der Waals surface area contributed by atoms with E-state index in [1.807, 2.05) is 4.90 Å². The number of hydrogen-bond donors (Lipinski definition) is 1. The second kappa shape index (κ2) is 4.57. The van der Waals surface area contributed by atoms with E-state index in [9.17, 15) is 4.79 Å². The summed E-state index contributed by atoms with van der Waals surface area (Å²) in [4.78, 5) is 18.4. The maximum Gasteiger partial charge on any atom is 0.407 e. The summed E-state index contributed by atoms with van der Waals surface area (Å²) in [5, 5.41) is 9.45. The first kappa shape index (κ1) is 11.0. The van der Waals surface area contributed by atoms with Crippen LogP contribution in [0.15, 0.2) is 18.3 Å². The molecule has 1 amide bonds. The molecule has 0 unspecified atom stereocenters. The number of anilines is 1. The monoisotopic (exact) mass is 241 g/mol. The van der Waals surface area contributed by atoms with Crippen LogP contribution in [0, 0.1) is 0 Å². The highest BCUT2D eigenvalue weighted by Crippen LogP contribution is 2.17. The van der Waals surface area contributed by atoms with Crippen molar-refractivity contribution >= 4 is 23.5 Å². The molecule has 2 rings (SSSR count). The minimum Gasteiger partial charge on any atom is -0.465 e. The van der Waals surface area contributed by atoms with Crippen LogP contribution in [0.25, 0.3) is 0 Å². The highest BCUT2D eigenvalue weighted by atomic mass is 35.5. The van der Waals surface area contributed by atoms with Crippen LogP contribution < -0.4 is 4.90 Å². The molecule has 6 heteroatoms. The van der Waals surface area contributed by atoms with Gasteiger partial charge in [0, 0.05) is 37.4 Å². The Morgan fingerprint density at radius 1 is 1.38 bits per heavy atom. The van der Waals surface area contributed by atoms with E-state index in [0.29, 0.717) is 31.2 Å². The third-order valence-electron chi connectivity index (χ3n) is 2.58. The normalized spacial score (nSPS) is 16.3. The highest BCUT2D eigenvalue weighted by molar-refractivity contribution is 6.30. The SMILES string of the molecule is O=C(O)N1CCN(c2cc(Cl)ccn2)CC1. The number of carboxylic acid groups (broad SMARTS) is 1. The molecule has 5 nitrogen and oxygen atoms in total. The van der Waals surface area contributed by atoms with Crippen LogP contribution >= 0.6 is 11.6 Å². The number of pyridine rings is 1. The van der Waals surface area contributed by atoms with Crippen LogP contribution in [0.3, 0.4) is 0 Å². The molecule has 0 aliphatic carbocycles. The number of carbonyl (C=O) groups is 1. The van der Waals surface area contributed by atoms with Crippen molar-refractivity contribution in [2.45, 2.75) is 0 Å². The van der Waals surface area contributed by atoms with Crippen LogP contribution in [0.2, 0.25) is 5.02 Å². The lowest BCUT2D eigenvalue weighted by Gasteiger charge is -2.33. The lowest BCUT2D eigenvalue weighted by molar-refractivity contribution is 0.142. The summed E-state index contributed by atoms with van der Waals surface area (Å²) in [5.41, 5.74) is 0. The fraction of sp³-hybridized carbons (Fsp3) is 0.400. The van der Waals surface area contributed by atoms with Gasteiger partial charge >= 0.3 is 6.09 Å². The smallest absolute Gasteiger partial charge is 0.407 e. The van der Waals surface area contributed by atoms with Gasteiger partial charge in [-0.2, -0.15) is 0 Å². The molecular weight excluding hydrogens is 230 g/mol. The number of aromatic nitrogens is 1. The molecule has 1 saturated heterocycles. The Kier molecular flexibility index (Phi) is 3.14. The van der Waals surface area contributed by atoms with E-state index in [2.05, 4.69) is 4.98 Å². The highest BCUT2D eigenvalue weighted by Gasteiger charge is 2.20. The Bertz CT molecular complexity index is 391. The van der Waals surface area contributed by atoms with Gasteiger partial charge in [0.05, 0.1) is 0 Å². The summed E-state index contributed by atoms with van der Waals surface area (Å²) in [7, 11) is 0. The van der Waals surface area contributed by atoms with Crippen molar-refractivity contribution in [1.82, 2.24) is 9.88 Å². The molecule has 1 aliphatic rings. The van der Waals surface area contributed by atoms with Crippen LogP contribution in [0.4, 0.5) is 10.6 Å². The molecule has 1 aliphatic heterocycles. The van der Waals surface area contributed by atoms with Crippen molar-refractivity contribution in [1.29, 1.82) is 0 Å². The molecule has 0 spiro atoms. The van der Waals surface area contributed by atoms with Gasteiger partial charge in [0.1, 0.15) is 5.82 Å². The maximum absolute atomic E-state index is 10.7. The molecule has 2 heterocycles. The Labute approximate surface area is 98.2 Å². The number of piperazine rings is 1. The summed E-state index contributed by atoms with van der Waals surface area (Å²) in [6.07, 6.45) is 0.792. The molecular formula is C10H12ClN3O2. The molecule has 1 N–H and O–H groups in total. The van der Waals surface area contributed by atoms with Gasteiger partial charge in [-0.25, -0.2) is 9.78 Å². The molecule has 0 aromatic carbocycles. The number of rotatable bonds is 1. The topological polar surface area (TPSA) is 56.7 Å². The second-order valence-electron chi connectivity index (χ2n) is 3.59. The Morgan fingerprint density at radius 2 is 2.06 bits per heavy atom. The van der Waals surface area contributed by atoms with E-state index >= 15 is 0 Å². The van der Waals surface area contributed by atoms with Gasteiger partial charge in [-0.3, -0.25) is 0 Å². The van der Waals surface area contributed by atoms with Crippen molar-refractivity contribution in [3.8, 4) is 0 Å². The van der Waals surface area contributed by atoms with E-state index in [0.717, 1.165) is 5.82 Å². The summed E-state index contributed by atoms with van der Waals surface area (Å²) >= 11 is 5.87. The average Bonchev–Trinajstić information content (AvgIpc) is 2.29. The first-order chi connectivity index (χ1) is 7.66. The van der Waals surface area contributed by atoms with E-state index < -0.39 is 6.09 Å². The zero-order valence-electron chi connectivity index (χ0n) is 8.64. The fourth-order valence-electron chi connectivity index (χ4n) is 1.69. The number of hydrogen-bond acceptors (Lipinski definition) is 3. The molecule has 1 aromatic heterocycles. The number of nitrogens with zero attached hydrogens (tertiary/aromatic N) is 3. The van der Waals surface area contributed by atoms with Gasteiger partial charge in [-0.1, -0.05) is 11.6 Å². The van der Waals surface area contributed by atoms with Crippen LogP contribution in [0.1, 0.15) is 0 Å². The Hall–Kier alpha value is -1.49. The third-order valence-corrected chi connectivity index (χ3v) is 2.82. The molecule has 0 atom stereocenters. The largest absolute Gasteiger partial charge is 0.465 e. The maximum atomic E-state index is 10.7. The van der Waals surface area contributed by atoms with Crippen molar-refractivity contribution < 1.29 is 9.90 Å². The molecule has 16 heavy (non-hydrogen) atoms. The lowest BCUT2D eigenvalue weighted by atomic mass is 10.3. The minimum atomic E-state index is -0.862. The van der Waals surface area contributed by atoms with Gasteiger partial charge in [-0.15, -0.1) is 0 Å². The quantitative estimate of drug-likeness (QED) is 0.810. The Morgan fingerprint density at radius 3 is 2.62 bits per heavy atom. The average molecular weight is 242 g/mol. The molecule has 0 saturated carbocycles. The molecule has 0 radical (unpaired) electrons. The van der Waals surface area contributed by atoms with Gasteiger partial charge in [-0.05, 0) is 12.1 Å². The van der Waals surface area contributed by atoms with Gasteiger partial charge in [0.25, 0.3) is 0 Å². The van der Waals surface area contributed by atoms with Crippen LogP contribution in [-0.4, -0.2) is 47.3 Å². The third kappa shape index (κ3) is 2.36. The lowest BCUT2D eigenvalue weighted by Crippen LogP contribution is -2.48. The van der Waals surface area contributed by atoms with Crippen molar-refractivity contribution in [2.75, 3.05) is 31.1 Å². The molecule has 1 fully saturated rings. The summed E-state index contributed by atoms with van der Waals surface area (Å²) in [6.45, 7) is 2.31. The number of halogens is 1. The fourth-order valence-corrected chi connectivity index (χ4v) is 1.85. The molecule has 1 aromatic rings. The van der Waals surface area contributed by atoms with Crippen molar-refractivity contribution in [3.63, 3.8) is 0 Å². The Balaban J connectivity index is 2.01. The molecule has 0 bridgehead atoms. The first-order valence-electron chi connectivity index (χ1n) is 5.01.